The molecule has 0 saturated carbocycles. The molecule has 2 fully saturated rings. The van der Waals surface area contributed by atoms with E-state index in [0.29, 0.717) is 18.7 Å². The maximum atomic E-state index is 13.1. The number of carboxylic acid groups (broad SMARTS) is 1. The first-order valence-corrected chi connectivity index (χ1v) is 14.1. The average molecular weight is 624 g/mol. The van der Waals surface area contributed by atoms with Crippen LogP contribution in [0, 0.1) is 17.2 Å². The van der Waals surface area contributed by atoms with Crippen LogP contribution >= 0.6 is 11.6 Å². The van der Waals surface area contributed by atoms with Gasteiger partial charge in [0.25, 0.3) is 5.91 Å². The number of carboxylic acids is 1. The molecular weight excluding hydrogens is 591 g/mol. The molecule has 2 N–H and O–H groups in total. The van der Waals surface area contributed by atoms with Crippen molar-refractivity contribution < 1.29 is 32.7 Å². The van der Waals surface area contributed by atoms with Gasteiger partial charge in [-0.05, 0) is 55.8 Å². The molecule has 3 heterocycles. The van der Waals surface area contributed by atoms with Crippen LogP contribution in [0.5, 0.6) is 0 Å². The van der Waals surface area contributed by atoms with Crippen LogP contribution < -0.4 is 10.4 Å². The first-order valence-electron chi connectivity index (χ1n) is 13.7. The molecule has 0 unspecified atom stereocenters. The molecule has 11 nitrogen and oxygen atoms in total. The van der Waals surface area contributed by atoms with E-state index in [4.69, 9.17) is 26.8 Å². The summed E-state index contributed by atoms with van der Waals surface area (Å²) in [6, 6.07) is 9.29. The summed E-state index contributed by atoms with van der Waals surface area (Å²) >= 11 is 6.28. The van der Waals surface area contributed by atoms with Crippen molar-refractivity contribution in [2.45, 2.75) is 58.3 Å². The number of amides is 2. The van der Waals surface area contributed by atoms with E-state index in [2.05, 4.69) is 20.3 Å². The largest absolute Gasteiger partial charge is 0.490 e. The SMILES string of the molecule is CC(C)CN(NC(=O)c1ccc(CN2CCC[C@H]2C(=O)N2CCCC2)cc1)c1nc(C#N)ncc1Cl.O=C(O)C(F)(F)F. The van der Waals surface area contributed by atoms with Crippen molar-refractivity contribution in [1.29, 1.82) is 5.26 Å². The van der Waals surface area contributed by atoms with Crippen LogP contribution in [0.15, 0.2) is 30.5 Å². The second kappa shape index (κ2) is 15.0. The lowest BCUT2D eigenvalue weighted by atomic mass is 10.1. The van der Waals surface area contributed by atoms with Crippen molar-refractivity contribution in [3.05, 3.63) is 52.4 Å². The Kier molecular flexibility index (Phi) is 11.7. The Morgan fingerprint density at radius 3 is 2.35 bits per heavy atom. The number of aromatic nitrogens is 2. The Labute approximate surface area is 252 Å². The molecule has 43 heavy (non-hydrogen) atoms. The summed E-state index contributed by atoms with van der Waals surface area (Å²) in [6.07, 6.45) is 0.395. The molecule has 2 saturated heterocycles. The maximum absolute atomic E-state index is 13.1. The Morgan fingerprint density at radius 2 is 1.79 bits per heavy atom. The number of rotatable bonds is 8. The third kappa shape index (κ3) is 9.52. The number of hydrogen-bond acceptors (Lipinski definition) is 8. The highest BCUT2D eigenvalue weighted by atomic mass is 35.5. The molecule has 1 aromatic carbocycles. The predicted octanol–water partition coefficient (Wildman–Crippen LogP) is 4.03. The first kappa shape index (κ1) is 33.5. The van der Waals surface area contributed by atoms with Crippen molar-refractivity contribution in [2.75, 3.05) is 31.2 Å². The van der Waals surface area contributed by atoms with E-state index in [-0.39, 0.29) is 40.4 Å². The highest BCUT2D eigenvalue weighted by Crippen LogP contribution is 2.25. The van der Waals surface area contributed by atoms with Crippen LogP contribution in [0.25, 0.3) is 0 Å². The minimum atomic E-state index is -5.08. The predicted molar refractivity (Wildman–Crippen MR) is 151 cm³/mol. The molecule has 2 aliphatic rings. The lowest BCUT2D eigenvalue weighted by molar-refractivity contribution is -0.192. The maximum Gasteiger partial charge on any atom is 0.490 e. The quantitative estimate of drug-likeness (QED) is 0.417. The Balaban J connectivity index is 0.000000646. The molecule has 15 heteroatoms. The van der Waals surface area contributed by atoms with Gasteiger partial charge in [-0.15, -0.1) is 0 Å². The summed E-state index contributed by atoms with van der Waals surface area (Å²) in [5, 5.41) is 18.1. The average Bonchev–Trinajstić information content (AvgIpc) is 3.65. The molecule has 0 radical (unpaired) electrons. The Morgan fingerprint density at radius 1 is 1.16 bits per heavy atom. The van der Waals surface area contributed by atoms with Gasteiger partial charge in [-0.3, -0.25) is 24.9 Å². The van der Waals surface area contributed by atoms with Crippen LogP contribution in [0.1, 0.15) is 61.3 Å². The number of nitrogens with one attached hydrogen (secondary N) is 1. The smallest absolute Gasteiger partial charge is 0.475 e. The van der Waals surface area contributed by atoms with E-state index >= 15 is 0 Å². The zero-order valence-corrected chi connectivity index (χ0v) is 24.5. The zero-order valence-electron chi connectivity index (χ0n) is 23.8. The molecule has 0 aliphatic carbocycles. The molecule has 2 aromatic rings. The van der Waals surface area contributed by atoms with Crippen molar-refractivity contribution in [2.24, 2.45) is 5.92 Å². The lowest BCUT2D eigenvalue weighted by Gasteiger charge is -2.28. The van der Waals surface area contributed by atoms with Crippen LogP contribution in [0.2, 0.25) is 5.02 Å². The summed E-state index contributed by atoms with van der Waals surface area (Å²) < 4.78 is 31.7. The number of carbonyl (C=O) groups excluding carboxylic acids is 2. The van der Waals surface area contributed by atoms with E-state index in [1.165, 1.54) is 6.20 Å². The topological polar surface area (TPSA) is 143 Å². The van der Waals surface area contributed by atoms with E-state index in [1.807, 2.05) is 36.9 Å². The van der Waals surface area contributed by atoms with E-state index in [1.54, 1.807) is 17.1 Å². The third-order valence-electron chi connectivity index (χ3n) is 6.78. The van der Waals surface area contributed by atoms with Gasteiger partial charge >= 0.3 is 12.1 Å². The fourth-order valence-electron chi connectivity index (χ4n) is 4.78. The van der Waals surface area contributed by atoms with Crippen LogP contribution in [0.4, 0.5) is 19.0 Å². The number of benzene rings is 1. The fraction of sp³-hybridized carbons (Fsp3) is 0.500. The third-order valence-corrected chi connectivity index (χ3v) is 7.04. The molecular formula is C28H33ClF3N7O4. The van der Waals surface area contributed by atoms with E-state index in [9.17, 15) is 22.8 Å². The summed E-state index contributed by atoms with van der Waals surface area (Å²) in [5.41, 5.74) is 4.42. The summed E-state index contributed by atoms with van der Waals surface area (Å²) in [5.74, 6) is -2.35. The van der Waals surface area contributed by atoms with Gasteiger partial charge < -0.3 is 10.0 Å². The van der Waals surface area contributed by atoms with Crippen LogP contribution in [-0.4, -0.2) is 81.1 Å². The van der Waals surface area contributed by atoms with Gasteiger partial charge in [0.2, 0.25) is 11.7 Å². The molecule has 4 rings (SSSR count). The van der Waals surface area contributed by atoms with E-state index in [0.717, 1.165) is 50.9 Å². The minimum absolute atomic E-state index is 0.0230. The molecule has 2 aliphatic heterocycles. The van der Waals surface area contributed by atoms with E-state index < -0.39 is 12.1 Å². The number of likely N-dealkylation sites (tertiary alicyclic amines) is 2. The van der Waals surface area contributed by atoms with Crippen molar-refractivity contribution >= 4 is 35.2 Å². The van der Waals surface area contributed by atoms with Crippen molar-refractivity contribution in [1.82, 2.24) is 25.2 Å². The van der Waals surface area contributed by atoms with Crippen LogP contribution in [0.3, 0.4) is 0 Å². The van der Waals surface area contributed by atoms with Crippen molar-refractivity contribution in [3.63, 3.8) is 0 Å². The van der Waals surface area contributed by atoms with Gasteiger partial charge in [-0.25, -0.2) is 9.78 Å². The molecule has 2 amide bonds. The van der Waals surface area contributed by atoms with Gasteiger partial charge in [-0.1, -0.05) is 37.6 Å². The number of hydrazine groups is 1. The number of halogens is 4. The normalized spacial score (nSPS) is 16.8. The summed E-state index contributed by atoms with van der Waals surface area (Å²) in [7, 11) is 0. The Hall–Kier alpha value is -3.96. The molecule has 1 aromatic heterocycles. The van der Waals surface area contributed by atoms with Gasteiger partial charge in [0.1, 0.15) is 11.1 Å². The van der Waals surface area contributed by atoms with Gasteiger partial charge in [-0.2, -0.15) is 23.4 Å². The van der Waals surface area contributed by atoms with Crippen molar-refractivity contribution in [3.8, 4) is 6.07 Å². The molecule has 0 spiro atoms. The Bertz CT molecular complexity index is 1330. The molecule has 1 atom stereocenters. The number of alkyl halides is 3. The zero-order chi connectivity index (χ0) is 31.7. The highest BCUT2D eigenvalue weighted by molar-refractivity contribution is 6.32. The summed E-state index contributed by atoms with van der Waals surface area (Å²) in [4.78, 5) is 47.2. The molecule has 0 bridgehead atoms. The highest BCUT2D eigenvalue weighted by Gasteiger charge is 2.38. The second-order valence-electron chi connectivity index (χ2n) is 10.6. The summed E-state index contributed by atoms with van der Waals surface area (Å²) in [6.45, 7) is 7.80. The first-order chi connectivity index (χ1) is 20.3. The van der Waals surface area contributed by atoms with Gasteiger partial charge in [0.15, 0.2) is 5.82 Å². The number of anilines is 1. The minimum Gasteiger partial charge on any atom is -0.475 e. The number of nitriles is 1. The number of carbonyl (C=O) groups is 3. The monoisotopic (exact) mass is 623 g/mol. The molecule has 232 valence electrons. The fourth-order valence-corrected chi connectivity index (χ4v) is 4.97. The van der Waals surface area contributed by atoms with Gasteiger partial charge in [0, 0.05) is 31.7 Å². The van der Waals surface area contributed by atoms with Crippen LogP contribution in [-0.2, 0) is 16.1 Å². The van der Waals surface area contributed by atoms with Gasteiger partial charge in [0.05, 0.1) is 12.2 Å². The standard InChI is InChI=1S/C26H32ClN7O2.C2HF3O2/c1-18(2)16-34(24-21(27)15-29-23(14-28)30-24)31-25(35)20-9-7-19(8-10-20)17-33-13-5-6-22(33)26(36)32-11-3-4-12-32;3-2(4,5)1(6)7/h7-10,15,18,22H,3-6,11-13,16-17H2,1-2H3,(H,31,35);(H,6,7)/t22-;/m0./s1. The lowest BCUT2D eigenvalue weighted by Crippen LogP contribution is -2.45. The number of aliphatic carboxylic acids is 1. The number of hydrogen-bond donors (Lipinski definition) is 2. The second-order valence-corrected chi connectivity index (χ2v) is 11.0. The number of nitrogens with zero attached hydrogens (tertiary/aromatic N) is 6.